The van der Waals surface area contributed by atoms with Crippen molar-refractivity contribution in [2.24, 2.45) is 0 Å². The van der Waals surface area contributed by atoms with Crippen LogP contribution in [-0.4, -0.2) is 51.9 Å². The highest BCUT2D eigenvalue weighted by atomic mass is 32.2. The number of rotatable bonds is 6. The Kier molecular flexibility index (Phi) is 6.26. The third-order valence-electron chi connectivity index (χ3n) is 5.40. The Labute approximate surface area is 181 Å². The molecule has 0 bridgehead atoms. The molecule has 1 fully saturated rings. The second-order valence-electron chi connectivity index (χ2n) is 7.51. The van der Waals surface area contributed by atoms with E-state index in [4.69, 9.17) is 15.6 Å². The van der Waals surface area contributed by atoms with Crippen molar-refractivity contribution >= 4 is 33.9 Å². The normalized spacial score (nSPS) is 18.3. The van der Waals surface area contributed by atoms with Gasteiger partial charge in [0.25, 0.3) is 0 Å². The molecule has 0 unspecified atom stereocenters. The second kappa shape index (κ2) is 9.07. The number of aromatic nitrogens is 2. The van der Waals surface area contributed by atoms with Crippen molar-refractivity contribution in [1.29, 1.82) is 10.8 Å². The predicted octanol–water partition coefficient (Wildman–Crippen LogP) is 3.82. The molecule has 3 heterocycles. The molecule has 2 aliphatic rings. The molecule has 1 aromatic heterocycles. The van der Waals surface area contributed by atoms with E-state index in [9.17, 15) is 0 Å². The highest BCUT2D eigenvalue weighted by molar-refractivity contribution is 8.15. The number of allylic oxidation sites excluding steroid dienone is 1. The van der Waals surface area contributed by atoms with Crippen LogP contribution in [0.3, 0.4) is 0 Å². The fraction of sp³-hybridized carbons (Fsp3) is 0.364. The first-order chi connectivity index (χ1) is 14.5. The summed E-state index contributed by atoms with van der Waals surface area (Å²) < 4.78 is 5.41. The Balaban J connectivity index is 1.44. The predicted molar refractivity (Wildman–Crippen MR) is 121 cm³/mol. The Morgan fingerprint density at radius 3 is 2.53 bits per heavy atom. The zero-order valence-electron chi connectivity index (χ0n) is 17.3. The summed E-state index contributed by atoms with van der Waals surface area (Å²) in [6.07, 6.45) is 1.53. The number of nitrogens with one attached hydrogen (secondary N) is 3. The van der Waals surface area contributed by atoms with Gasteiger partial charge in [0.05, 0.1) is 23.8 Å². The van der Waals surface area contributed by atoms with Crippen LogP contribution in [0.1, 0.15) is 30.7 Å². The van der Waals surface area contributed by atoms with Gasteiger partial charge in [0.2, 0.25) is 0 Å². The smallest absolute Gasteiger partial charge is 0.144 e. The lowest BCUT2D eigenvalue weighted by Gasteiger charge is -2.26. The summed E-state index contributed by atoms with van der Waals surface area (Å²) in [5, 5.41) is 20.1. The largest absolute Gasteiger partial charge is 0.379 e. The van der Waals surface area contributed by atoms with Gasteiger partial charge in [-0.1, -0.05) is 36.0 Å². The molecule has 2 aliphatic heterocycles. The second-order valence-corrected chi connectivity index (χ2v) is 8.54. The van der Waals surface area contributed by atoms with Crippen LogP contribution in [0.15, 0.2) is 41.1 Å². The monoisotopic (exact) mass is 422 g/mol. The molecular formula is C22H26N6OS. The van der Waals surface area contributed by atoms with Crippen molar-refractivity contribution in [2.45, 2.75) is 31.8 Å². The van der Waals surface area contributed by atoms with Crippen LogP contribution in [0.25, 0.3) is 5.57 Å². The van der Waals surface area contributed by atoms with Crippen LogP contribution >= 0.6 is 11.8 Å². The number of thioether (sulfide) groups is 1. The summed E-state index contributed by atoms with van der Waals surface area (Å²) >= 11 is 1.35. The molecule has 0 saturated carbocycles. The zero-order valence-corrected chi connectivity index (χ0v) is 18.1. The van der Waals surface area contributed by atoms with Crippen LogP contribution in [0.5, 0.6) is 0 Å². The molecule has 0 spiro atoms. The van der Waals surface area contributed by atoms with Gasteiger partial charge in [-0.3, -0.25) is 10.3 Å². The number of morpholine rings is 1. The molecule has 0 radical (unpaired) electrons. The van der Waals surface area contributed by atoms with E-state index in [1.54, 1.807) is 6.92 Å². The van der Waals surface area contributed by atoms with Gasteiger partial charge in [0.15, 0.2) is 0 Å². The first-order valence-corrected chi connectivity index (χ1v) is 10.8. The lowest BCUT2D eigenvalue weighted by Crippen LogP contribution is -2.35. The van der Waals surface area contributed by atoms with Crippen molar-refractivity contribution in [1.82, 2.24) is 14.9 Å². The summed E-state index contributed by atoms with van der Waals surface area (Å²) in [6.45, 7) is 8.82. The maximum absolute atomic E-state index is 8.34. The summed E-state index contributed by atoms with van der Waals surface area (Å²) in [7, 11) is 0. The number of fused-ring (bicyclic) bond motifs is 1. The topological polar surface area (TPSA) is 98.0 Å². The number of hydrogen-bond donors (Lipinski definition) is 3. The molecule has 156 valence electrons. The lowest BCUT2D eigenvalue weighted by atomic mass is 10.0. The number of benzene rings is 1. The van der Waals surface area contributed by atoms with Gasteiger partial charge in [-0.15, -0.1) is 0 Å². The van der Waals surface area contributed by atoms with E-state index in [-0.39, 0.29) is 0 Å². The molecular weight excluding hydrogens is 396 g/mol. The van der Waals surface area contributed by atoms with E-state index in [1.807, 2.05) is 6.92 Å². The number of hydrogen-bond acceptors (Lipinski definition) is 8. The minimum Gasteiger partial charge on any atom is -0.379 e. The molecule has 8 heteroatoms. The summed E-state index contributed by atoms with van der Waals surface area (Å²) in [5.41, 5.74) is 5.20. The van der Waals surface area contributed by atoms with Gasteiger partial charge >= 0.3 is 0 Å². The highest BCUT2D eigenvalue weighted by Gasteiger charge is 2.29. The van der Waals surface area contributed by atoms with Gasteiger partial charge in [-0.25, -0.2) is 9.97 Å². The average Bonchev–Trinajstić information content (AvgIpc) is 3.09. The summed E-state index contributed by atoms with van der Waals surface area (Å²) in [4.78, 5) is 12.1. The van der Waals surface area contributed by atoms with Gasteiger partial charge in [0.1, 0.15) is 17.2 Å². The molecule has 0 atom stereocenters. The van der Waals surface area contributed by atoms with Crippen LogP contribution in [-0.2, 0) is 17.8 Å². The first kappa shape index (κ1) is 20.7. The third-order valence-corrected chi connectivity index (χ3v) is 6.40. The maximum atomic E-state index is 8.34. The van der Waals surface area contributed by atoms with Crippen LogP contribution in [0, 0.1) is 10.8 Å². The zero-order chi connectivity index (χ0) is 21.1. The van der Waals surface area contributed by atoms with Gasteiger partial charge < -0.3 is 15.5 Å². The van der Waals surface area contributed by atoms with Crippen molar-refractivity contribution in [3.05, 3.63) is 53.0 Å². The van der Waals surface area contributed by atoms with Crippen molar-refractivity contribution < 1.29 is 4.74 Å². The van der Waals surface area contributed by atoms with Crippen molar-refractivity contribution in [2.75, 3.05) is 31.6 Å². The third kappa shape index (κ3) is 4.45. The molecule has 3 N–H and O–H groups in total. The van der Waals surface area contributed by atoms with Crippen molar-refractivity contribution in [3.8, 4) is 0 Å². The molecule has 4 rings (SSSR count). The Bertz CT molecular complexity index is 995. The van der Waals surface area contributed by atoms with Gasteiger partial charge in [0, 0.05) is 37.5 Å². The maximum Gasteiger partial charge on any atom is 0.144 e. The fourth-order valence-corrected chi connectivity index (χ4v) is 4.57. The fourth-order valence-electron chi connectivity index (χ4n) is 3.54. The molecule has 0 amide bonds. The SMILES string of the molecule is CC(=N)/C(C)=C1\C(=N)Sc2c(NCc3ccc(CN4CCOCC4)cc3)ncnc21. The highest BCUT2D eigenvalue weighted by Crippen LogP contribution is 2.44. The van der Waals surface area contributed by atoms with Crippen molar-refractivity contribution in [3.63, 3.8) is 0 Å². The van der Waals surface area contributed by atoms with E-state index in [1.165, 1.54) is 29.2 Å². The van der Waals surface area contributed by atoms with Gasteiger partial charge in [-0.2, -0.15) is 0 Å². The summed E-state index contributed by atoms with van der Waals surface area (Å²) in [6, 6.07) is 8.65. The average molecular weight is 423 g/mol. The van der Waals surface area contributed by atoms with E-state index in [2.05, 4.69) is 44.5 Å². The quantitative estimate of drug-likeness (QED) is 0.612. The molecule has 0 aliphatic carbocycles. The van der Waals surface area contributed by atoms with Crippen LogP contribution in [0.2, 0.25) is 0 Å². The minimum atomic E-state index is 0.421. The molecule has 1 saturated heterocycles. The lowest BCUT2D eigenvalue weighted by molar-refractivity contribution is 0.0342. The first-order valence-electron chi connectivity index (χ1n) is 10.0. The minimum absolute atomic E-state index is 0.421. The van der Waals surface area contributed by atoms with Crippen LogP contribution in [0.4, 0.5) is 5.82 Å². The Hall–Kier alpha value is -2.55. The molecule has 7 nitrogen and oxygen atoms in total. The number of ether oxygens (including phenoxy) is 1. The molecule has 1 aromatic carbocycles. The standard InChI is InChI=1S/C22H26N6OS/c1-14(15(2)23)18-19-20(30-21(18)24)22(27-13-26-19)25-11-16-3-5-17(6-4-16)12-28-7-9-29-10-8-28/h3-6,13,23-24H,7-12H2,1-2H3,(H,25,26,27)/b18-14-,23-15?,24-21?. The Morgan fingerprint density at radius 1 is 1.13 bits per heavy atom. The number of anilines is 1. The van der Waals surface area contributed by atoms with Gasteiger partial charge in [-0.05, 0) is 30.5 Å². The summed E-state index contributed by atoms with van der Waals surface area (Å²) in [5.74, 6) is 0.734. The van der Waals surface area contributed by atoms with E-state index in [0.717, 1.165) is 60.4 Å². The Morgan fingerprint density at radius 2 is 1.83 bits per heavy atom. The van der Waals surface area contributed by atoms with E-state index in [0.29, 0.717) is 17.3 Å². The van der Waals surface area contributed by atoms with E-state index < -0.39 is 0 Å². The molecule has 30 heavy (non-hydrogen) atoms. The van der Waals surface area contributed by atoms with Crippen LogP contribution < -0.4 is 5.32 Å². The van der Waals surface area contributed by atoms with E-state index >= 15 is 0 Å². The molecule has 2 aromatic rings. The number of nitrogens with zero attached hydrogens (tertiary/aromatic N) is 3.